The van der Waals surface area contributed by atoms with Crippen LogP contribution in [0.5, 0.6) is 0 Å². The van der Waals surface area contributed by atoms with Gasteiger partial charge < -0.3 is 4.79 Å². The number of rotatable bonds is 8. The van der Waals surface area contributed by atoms with Crippen LogP contribution < -0.4 is 0 Å². The number of benzene rings is 1. The molecule has 0 aliphatic heterocycles. The molecule has 0 amide bonds. The zero-order valence-corrected chi connectivity index (χ0v) is 12.2. The molecule has 0 fully saturated rings. The van der Waals surface area contributed by atoms with Gasteiger partial charge in [0.1, 0.15) is 11.6 Å². The molecular formula is C17H24O2. The smallest absolute Gasteiger partial charge is 0.135 e. The van der Waals surface area contributed by atoms with Crippen molar-refractivity contribution in [1.29, 1.82) is 0 Å². The molecule has 0 bridgehead atoms. The molecule has 1 atom stereocenters. The summed E-state index contributed by atoms with van der Waals surface area (Å²) in [5.41, 5.74) is 2.62. The zero-order chi connectivity index (χ0) is 14.3. The van der Waals surface area contributed by atoms with Crippen molar-refractivity contribution in [3.63, 3.8) is 0 Å². The van der Waals surface area contributed by atoms with Gasteiger partial charge in [0.2, 0.25) is 0 Å². The third kappa shape index (κ3) is 5.82. The molecule has 0 aliphatic carbocycles. The summed E-state index contributed by atoms with van der Waals surface area (Å²) in [6, 6.07) is 8.30. The van der Waals surface area contributed by atoms with Crippen molar-refractivity contribution in [2.45, 2.75) is 52.9 Å². The predicted molar refractivity (Wildman–Crippen MR) is 78.2 cm³/mol. The van der Waals surface area contributed by atoms with Crippen molar-refractivity contribution in [3.05, 3.63) is 35.4 Å². The quantitative estimate of drug-likeness (QED) is 0.710. The fourth-order valence-electron chi connectivity index (χ4n) is 2.17. The number of hydrogen-bond acceptors (Lipinski definition) is 2. The molecule has 2 heteroatoms. The minimum atomic E-state index is 0.0146. The van der Waals surface area contributed by atoms with E-state index in [4.69, 9.17) is 0 Å². The van der Waals surface area contributed by atoms with Crippen LogP contribution in [0.4, 0.5) is 0 Å². The van der Waals surface area contributed by atoms with Gasteiger partial charge in [0.05, 0.1) is 0 Å². The lowest BCUT2D eigenvalue weighted by Crippen LogP contribution is -2.12. The lowest BCUT2D eigenvalue weighted by atomic mass is 9.94. The van der Waals surface area contributed by atoms with Crippen LogP contribution in [0.1, 0.15) is 50.7 Å². The topological polar surface area (TPSA) is 34.1 Å². The Kier molecular flexibility index (Phi) is 6.48. The molecule has 0 spiro atoms. The maximum atomic E-state index is 11.9. The molecule has 1 aromatic carbocycles. The van der Waals surface area contributed by atoms with Crippen LogP contribution in [0.2, 0.25) is 0 Å². The maximum absolute atomic E-state index is 11.9. The second-order valence-electron chi connectivity index (χ2n) is 5.39. The van der Waals surface area contributed by atoms with E-state index in [-0.39, 0.29) is 17.5 Å². The highest BCUT2D eigenvalue weighted by Crippen LogP contribution is 2.14. The first kappa shape index (κ1) is 15.6. The Hall–Kier alpha value is -1.44. The first-order valence-corrected chi connectivity index (χ1v) is 7.07. The molecule has 104 valence electrons. The van der Waals surface area contributed by atoms with Gasteiger partial charge in [-0.15, -0.1) is 0 Å². The molecule has 0 saturated carbocycles. The average molecular weight is 260 g/mol. The molecule has 19 heavy (non-hydrogen) atoms. The predicted octanol–water partition coefficient (Wildman–Crippen LogP) is 3.89. The summed E-state index contributed by atoms with van der Waals surface area (Å²) >= 11 is 0. The van der Waals surface area contributed by atoms with Crippen molar-refractivity contribution in [1.82, 2.24) is 0 Å². The molecular weight excluding hydrogens is 236 g/mol. The van der Waals surface area contributed by atoms with E-state index >= 15 is 0 Å². The van der Waals surface area contributed by atoms with Crippen LogP contribution >= 0.6 is 0 Å². The van der Waals surface area contributed by atoms with Gasteiger partial charge in [0.25, 0.3) is 0 Å². The monoisotopic (exact) mass is 260 g/mol. The summed E-state index contributed by atoms with van der Waals surface area (Å²) in [5.74, 6) is 0.468. The molecule has 0 aromatic heterocycles. The van der Waals surface area contributed by atoms with Crippen molar-refractivity contribution in [3.8, 4) is 0 Å². The summed E-state index contributed by atoms with van der Waals surface area (Å²) in [7, 11) is 0. The molecule has 0 aliphatic rings. The third-order valence-corrected chi connectivity index (χ3v) is 3.61. The van der Waals surface area contributed by atoms with Crippen LogP contribution in [0.25, 0.3) is 0 Å². The van der Waals surface area contributed by atoms with Gasteiger partial charge in [-0.05, 0) is 44.2 Å². The largest absolute Gasteiger partial charge is 0.300 e. The van der Waals surface area contributed by atoms with E-state index in [0.717, 1.165) is 12.8 Å². The Morgan fingerprint density at radius 2 is 1.84 bits per heavy atom. The van der Waals surface area contributed by atoms with Gasteiger partial charge in [0.15, 0.2) is 0 Å². The Morgan fingerprint density at radius 1 is 1.16 bits per heavy atom. The van der Waals surface area contributed by atoms with Crippen LogP contribution in [0.3, 0.4) is 0 Å². The van der Waals surface area contributed by atoms with E-state index in [1.165, 1.54) is 11.1 Å². The van der Waals surface area contributed by atoms with Gasteiger partial charge in [-0.1, -0.05) is 31.2 Å². The first-order valence-electron chi connectivity index (χ1n) is 7.07. The highest BCUT2D eigenvalue weighted by atomic mass is 16.1. The van der Waals surface area contributed by atoms with Crippen molar-refractivity contribution < 1.29 is 9.59 Å². The van der Waals surface area contributed by atoms with Crippen LogP contribution in [-0.4, -0.2) is 11.6 Å². The van der Waals surface area contributed by atoms with Crippen molar-refractivity contribution in [2.24, 2.45) is 5.92 Å². The molecule has 1 rings (SSSR count). The summed E-state index contributed by atoms with van der Waals surface area (Å²) in [5, 5.41) is 0. The molecule has 0 saturated heterocycles. The fourth-order valence-corrected chi connectivity index (χ4v) is 2.17. The number of carbonyl (C=O) groups excluding carboxylic acids is 2. The molecule has 0 heterocycles. The summed E-state index contributed by atoms with van der Waals surface area (Å²) < 4.78 is 0. The third-order valence-electron chi connectivity index (χ3n) is 3.61. The fraction of sp³-hybridized carbons (Fsp3) is 0.529. The van der Waals surface area contributed by atoms with Gasteiger partial charge in [-0.3, -0.25) is 4.79 Å². The Bertz CT molecular complexity index is 435. The highest BCUT2D eigenvalue weighted by molar-refractivity contribution is 5.82. The number of carbonyl (C=O) groups is 2. The number of aryl methyl sites for hydroxylation is 2. The minimum absolute atomic E-state index is 0.0146. The lowest BCUT2D eigenvalue weighted by molar-refractivity contribution is -0.123. The number of Topliss-reactive ketones (excluding diaryl/α,β-unsaturated/α-hetero) is 2. The second kappa shape index (κ2) is 7.88. The second-order valence-corrected chi connectivity index (χ2v) is 5.39. The van der Waals surface area contributed by atoms with Crippen LogP contribution in [-0.2, 0) is 16.0 Å². The van der Waals surface area contributed by atoms with Gasteiger partial charge in [-0.25, -0.2) is 0 Å². The van der Waals surface area contributed by atoms with Gasteiger partial charge in [-0.2, -0.15) is 0 Å². The normalized spacial score (nSPS) is 12.2. The summed E-state index contributed by atoms with van der Waals surface area (Å²) in [4.78, 5) is 22.8. The van der Waals surface area contributed by atoms with E-state index in [9.17, 15) is 9.59 Å². The lowest BCUT2D eigenvalue weighted by Gasteiger charge is -2.10. The van der Waals surface area contributed by atoms with Crippen molar-refractivity contribution in [2.75, 3.05) is 0 Å². The van der Waals surface area contributed by atoms with Gasteiger partial charge >= 0.3 is 0 Å². The molecule has 1 aromatic rings. The van der Waals surface area contributed by atoms with E-state index in [1.807, 2.05) is 19.1 Å². The van der Waals surface area contributed by atoms with Crippen LogP contribution in [0, 0.1) is 12.8 Å². The molecule has 0 radical (unpaired) electrons. The van der Waals surface area contributed by atoms with Crippen LogP contribution in [0.15, 0.2) is 24.3 Å². The number of ketones is 2. The molecule has 0 N–H and O–H groups in total. The van der Waals surface area contributed by atoms with E-state index in [1.54, 1.807) is 6.92 Å². The standard InChI is InChI=1S/C17H24O2/c1-13-7-4-5-8-16(13)9-6-10-17(19)14(2)11-12-15(3)18/h4-5,7-8,14H,6,9-12H2,1-3H3. The Labute approximate surface area is 116 Å². The van der Waals surface area contributed by atoms with E-state index in [2.05, 4.69) is 19.1 Å². The van der Waals surface area contributed by atoms with E-state index < -0.39 is 0 Å². The zero-order valence-electron chi connectivity index (χ0n) is 12.2. The van der Waals surface area contributed by atoms with Gasteiger partial charge in [0, 0.05) is 18.8 Å². The highest BCUT2D eigenvalue weighted by Gasteiger charge is 2.13. The van der Waals surface area contributed by atoms with E-state index in [0.29, 0.717) is 19.3 Å². The first-order chi connectivity index (χ1) is 9.00. The maximum Gasteiger partial charge on any atom is 0.135 e. The van der Waals surface area contributed by atoms with Crippen molar-refractivity contribution >= 4 is 11.6 Å². The summed E-state index contributed by atoms with van der Waals surface area (Å²) in [6.45, 7) is 5.61. The molecule has 2 nitrogen and oxygen atoms in total. The molecule has 1 unspecified atom stereocenters. The number of hydrogen-bond donors (Lipinski definition) is 0. The summed E-state index contributed by atoms with van der Waals surface area (Å²) in [6.07, 6.45) is 3.68. The Balaban J connectivity index is 2.31. The SMILES string of the molecule is CC(=O)CCC(C)C(=O)CCCc1ccccc1C. The Morgan fingerprint density at radius 3 is 2.47 bits per heavy atom. The minimum Gasteiger partial charge on any atom is -0.300 e. The average Bonchev–Trinajstić information content (AvgIpc) is 2.38.